The van der Waals surface area contributed by atoms with Gasteiger partial charge in [0.1, 0.15) is 5.82 Å². The summed E-state index contributed by atoms with van der Waals surface area (Å²) in [6, 6.07) is 9.34. The number of benzene rings is 1. The van der Waals surface area contributed by atoms with Crippen molar-refractivity contribution < 1.29 is 8.42 Å². The van der Waals surface area contributed by atoms with Crippen LogP contribution in [-0.4, -0.2) is 51.5 Å². The molecule has 1 aliphatic carbocycles. The van der Waals surface area contributed by atoms with Gasteiger partial charge in [-0.3, -0.25) is 0 Å². The molecule has 1 saturated heterocycles. The zero-order chi connectivity index (χ0) is 18.9. The molecule has 6 nitrogen and oxygen atoms in total. The molecule has 0 radical (unpaired) electrons. The van der Waals surface area contributed by atoms with Gasteiger partial charge in [-0.25, -0.2) is 18.1 Å². The number of hydrogen-bond donors (Lipinski definition) is 1. The van der Waals surface area contributed by atoms with Gasteiger partial charge in [-0.15, -0.1) is 0 Å². The molecule has 0 unspecified atom stereocenters. The second-order valence-corrected chi connectivity index (χ2v) is 9.19. The first-order valence-electron chi connectivity index (χ1n) is 9.51. The Labute approximate surface area is 161 Å². The highest BCUT2D eigenvalue weighted by Crippen LogP contribution is 2.25. The molecular weight excluding hydrogens is 360 g/mol. The van der Waals surface area contributed by atoms with Crippen LogP contribution in [0.4, 0.5) is 5.82 Å². The summed E-state index contributed by atoms with van der Waals surface area (Å²) in [5.74, 6) is 0.914. The summed E-state index contributed by atoms with van der Waals surface area (Å²) >= 11 is 0. The first-order valence-corrected chi connectivity index (χ1v) is 11.0. The lowest BCUT2D eigenvalue weighted by molar-refractivity contribution is 0.312. The van der Waals surface area contributed by atoms with Crippen LogP contribution in [0.5, 0.6) is 0 Å². The summed E-state index contributed by atoms with van der Waals surface area (Å²) in [6.45, 7) is 4.16. The first kappa shape index (κ1) is 18.4. The smallest absolute Gasteiger partial charge is 0.240 e. The third kappa shape index (κ3) is 4.15. The number of aromatic nitrogens is 1. The minimum atomic E-state index is -3.52. The average Bonchev–Trinajstić information content (AvgIpc) is 3.15. The Kier molecular flexibility index (Phi) is 5.16. The summed E-state index contributed by atoms with van der Waals surface area (Å²) < 4.78 is 28.1. The van der Waals surface area contributed by atoms with Gasteiger partial charge in [0.05, 0.1) is 4.90 Å². The van der Waals surface area contributed by atoms with E-state index in [0.717, 1.165) is 56.8 Å². The second kappa shape index (κ2) is 7.58. The summed E-state index contributed by atoms with van der Waals surface area (Å²) in [7, 11) is -1.40. The van der Waals surface area contributed by atoms with E-state index in [-0.39, 0.29) is 6.54 Å². The largest absolute Gasteiger partial charge is 0.354 e. The molecule has 27 heavy (non-hydrogen) atoms. The zero-order valence-corrected chi connectivity index (χ0v) is 16.5. The normalized spacial score (nSPS) is 17.9. The van der Waals surface area contributed by atoms with Gasteiger partial charge in [0.25, 0.3) is 0 Å². The highest BCUT2D eigenvalue weighted by atomic mass is 32.2. The van der Waals surface area contributed by atoms with E-state index in [9.17, 15) is 8.42 Å². The Bertz CT molecular complexity index is 921. The number of aryl methyl sites for hydroxylation is 2. The van der Waals surface area contributed by atoms with Gasteiger partial charge >= 0.3 is 0 Å². The molecule has 1 N–H and O–H groups in total. The third-order valence-corrected chi connectivity index (χ3v) is 6.88. The minimum Gasteiger partial charge on any atom is -0.354 e. The van der Waals surface area contributed by atoms with Crippen molar-refractivity contribution in [2.75, 3.05) is 38.1 Å². The van der Waals surface area contributed by atoms with E-state index in [1.54, 1.807) is 12.3 Å². The zero-order valence-electron chi connectivity index (χ0n) is 15.7. The first-order chi connectivity index (χ1) is 13.0. The molecule has 0 bridgehead atoms. The number of nitrogens with zero attached hydrogens (tertiary/aromatic N) is 3. The molecule has 7 heteroatoms. The Balaban J connectivity index is 1.44. The molecule has 1 fully saturated rings. The molecule has 0 saturated carbocycles. The maximum absolute atomic E-state index is 12.7. The lowest BCUT2D eigenvalue weighted by Crippen LogP contribution is -2.44. The highest BCUT2D eigenvalue weighted by Gasteiger charge is 2.19. The van der Waals surface area contributed by atoms with Crippen molar-refractivity contribution in [1.29, 1.82) is 0 Å². The molecular formula is C20H26N4O2S. The number of piperazine rings is 1. The molecule has 0 atom stereocenters. The van der Waals surface area contributed by atoms with E-state index in [1.807, 2.05) is 24.3 Å². The fourth-order valence-electron chi connectivity index (χ4n) is 3.76. The van der Waals surface area contributed by atoms with Crippen molar-refractivity contribution in [3.63, 3.8) is 0 Å². The molecule has 0 amide bonds. The van der Waals surface area contributed by atoms with Crippen LogP contribution in [0.25, 0.3) is 0 Å². The molecule has 1 aromatic carbocycles. The molecule has 2 aliphatic rings. The van der Waals surface area contributed by atoms with Gasteiger partial charge in [0.2, 0.25) is 10.0 Å². The SMILES string of the molecule is CN1CCN(c2cc(CNS(=O)(=O)c3ccc4c(c3)CCC4)ccn2)CC1. The third-order valence-electron chi connectivity index (χ3n) is 5.48. The molecule has 1 aliphatic heterocycles. The summed E-state index contributed by atoms with van der Waals surface area (Å²) in [5.41, 5.74) is 3.36. The number of hydrogen-bond acceptors (Lipinski definition) is 5. The number of sulfonamides is 1. The predicted molar refractivity (Wildman–Crippen MR) is 106 cm³/mol. The van der Waals surface area contributed by atoms with Gasteiger partial charge < -0.3 is 9.80 Å². The van der Waals surface area contributed by atoms with Crippen LogP contribution >= 0.6 is 0 Å². The molecule has 0 spiro atoms. The number of fused-ring (bicyclic) bond motifs is 1. The minimum absolute atomic E-state index is 0.267. The fraction of sp³-hybridized carbons (Fsp3) is 0.450. The van der Waals surface area contributed by atoms with Crippen molar-refractivity contribution in [3.8, 4) is 0 Å². The second-order valence-electron chi connectivity index (χ2n) is 7.42. The van der Waals surface area contributed by atoms with Crippen LogP contribution in [0.3, 0.4) is 0 Å². The lowest BCUT2D eigenvalue weighted by Gasteiger charge is -2.33. The molecule has 1 aromatic heterocycles. The Morgan fingerprint density at radius 1 is 1.04 bits per heavy atom. The molecule has 144 valence electrons. The average molecular weight is 387 g/mol. The van der Waals surface area contributed by atoms with Crippen molar-refractivity contribution in [2.45, 2.75) is 30.7 Å². The van der Waals surface area contributed by atoms with E-state index in [1.165, 1.54) is 11.1 Å². The van der Waals surface area contributed by atoms with Crippen molar-refractivity contribution in [2.24, 2.45) is 0 Å². The standard InChI is InChI=1S/C20H26N4O2S/c1-23-9-11-24(12-10-23)20-13-16(7-8-21-20)15-22-27(25,26)19-6-5-17-3-2-4-18(17)14-19/h5-8,13-14,22H,2-4,9-12,15H2,1H3. The van der Waals surface area contributed by atoms with Gasteiger partial charge in [-0.2, -0.15) is 0 Å². The Morgan fingerprint density at radius 3 is 2.63 bits per heavy atom. The summed E-state index contributed by atoms with van der Waals surface area (Å²) in [5, 5.41) is 0. The van der Waals surface area contributed by atoms with Crippen LogP contribution in [-0.2, 0) is 29.4 Å². The topological polar surface area (TPSA) is 65.5 Å². The van der Waals surface area contributed by atoms with Crippen LogP contribution in [0.1, 0.15) is 23.1 Å². The highest BCUT2D eigenvalue weighted by molar-refractivity contribution is 7.89. The lowest BCUT2D eigenvalue weighted by atomic mass is 10.1. The van der Waals surface area contributed by atoms with Crippen molar-refractivity contribution in [1.82, 2.24) is 14.6 Å². The number of nitrogens with one attached hydrogen (secondary N) is 1. The van der Waals surface area contributed by atoms with E-state index in [4.69, 9.17) is 0 Å². The number of pyridine rings is 1. The summed E-state index contributed by atoms with van der Waals surface area (Å²) in [4.78, 5) is 9.36. The number of rotatable bonds is 5. The predicted octanol–water partition coefficient (Wildman–Crippen LogP) is 1.80. The Hall–Kier alpha value is -1.96. The van der Waals surface area contributed by atoms with Gasteiger partial charge in [-0.05, 0) is 67.3 Å². The van der Waals surface area contributed by atoms with Crippen molar-refractivity contribution >= 4 is 15.8 Å². The van der Waals surface area contributed by atoms with Gasteiger partial charge in [0, 0.05) is 38.9 Å². The van der Waals surface area contributed by atoms with E-state index >= 15 is 0 Å². The fourth-order valence-corrected chi connectivity index (χ4v) is 4.82. The summed E-state index contributed by atoms with van der Waals surface area (Å²) in [6.07, 6.45) is 4.89. The van der Waals surface area contributed by atoms with Gasteiger partial charge in [0.15, 0.2) is 0 Å². The molecule has 2 aromatic rings. The maximum atomic E-state index is 12.7. The Morgan fingerprint density at radius 2 is 1.81 bits per heavy atom. The van der Waals surface area contributed by atoms with Crippen LogP contribution < -0.4 is 9.62 Å². The maximum Gasteiger partial charge on any atom is 0.240 e. The molecule has 2 heterocycles. The van der Waals surface area contributed by atoms with Crippen LogP contribution in [0.2, 0.25) is 0 Å². The van der Waals surface area contributed by atoms with E-state index in [2.05, 4.69) is 26.6 Å². The quantitative estimate of drug-likeness (QED) is 0.849. The van der Waals surface area contributed by atoms with Crippen LogP contribution in [0.15, 0.2) is 41.4 Å². The van der Waals surface area contributed by atoms with Gasteiger partial charge in [-0.1, -0.05) is 6.07 Å². The van der Waals surface area contributed by atoms with E-state index < -0.39 is 10.0 Å². The number of likely N-dealkylation sites (N-methyl/N-ethyl adjacent to an activating group) is 1. The monoisotopic (exact) mass is 386 g/mol. The van der Waals surface area contributed by atoms with Crippen molar-refractivity contribution in [3.05, 3.63) is 53.2 Å². The molecule has 4 rings (SSSR count). The number of anilines is 1. The van der Waals surface area contributed by atoms with Crippen LogP contribution in [0, 0.1) is 0 Å². The van der Waals surface area contributed by atoms with E-state index in [0.29, 0.717) is 4.90 Å².